The monoisotopic (exact) mass is 296 g/mol. The molecule has 0 saturated carbocycles. The third kappa shape index (κ3) is 2.10. The molecule has 2 heterocycles. The van der Waals surface area contributed by atoms with Gasteiger partial charge in [-0.15, -0.1) is 0 Å². The molecule has 5 heteroatoms. The number of rotatable bonds is 1. The Balaban J connectivity index is 1.99. The molecule has 0 unspecified atom stereocenters. The van der Waals surface area contributed by atoms with Crippen LogP contribution < -0.4 is 4.90 Å². The van der Waals surface area contributed by atoms with Crippen LogP contribution in [0.2, 0.25) is 0 Å². The van der Waals surface area contributed by atoms with Gasteiger partial charge in [0.2, 0.25) is 11.6 Å². The van der Waals surface area contributed by atoms with Crippen molar-refractivity contribution < 1.29 is 4.79 Å². The van der Waals surface area contributed by atoms with Crippen LogP contribution in [0, 0.1) is 23.3 Å². The van der Waals surface area contributed by atoms with Gasteiger partial charge < -0.3 is 9.69 Å². The van der Waals surface area contributed by atoms with E-state index in [9.17, 15) is 4.79 Å². The molecule has 0 aromatic carbocycles. The van der Waals surface area contributed by atoms with Gasteiger partial charge in [-0.1, -0.05) is 26.8 Å². The molecule has 0 spiro atoms. The molecule has 0 radical (unpaired) electrons. The van der Waals surface area contributed by atoms with Gasteiger partial charge in [-0.3, -0.25) is 0 Å². The first kappa shape index (κ1) is 14.7. The predicted molar refractivity (Wildman–Crippen MR) is 83.9 cm³/mol. The fourth-order valence-corrected chi connectivity index (χ4v) is 4.12. The maximum atomic E-state index is 12.5. The Labute approximate surface area is 130 Å². The summed E-state index contributed by atoms with van der Waals surface area (Å²) in [5, 5.41) is 0. The van der Waals surface area contributed by atoms with E-state index in [1.807, 2.05) is 19.9 Å². The molecule has 1 fully saturated rings. The number of fused-ring (bicyclic) bond motifs is 1. The molecule has 22 heavy (non-hydrogen) atoms. The van der Waals surface area contributed by atoms with Gasteiger partial charge in [-0.05, 0) is 23.8 Å². The zero-order valence-corrected chi connectivity index (χ0v) is 13.2. The first-order valence-corrected chi connectivity index (χ1v) is 7.55. The van der Waals surface area contributed by atoms with Crippen molar-refractivity contribution in [1.82, 2.24) is 9.97 Å². The van der Waals surface area contributed by atoms with Crippen LogP contribution in [-0.2, 0) is 4.79 Å². The molecular weight excluding hydrogens is 276 g/mol. The molecule has 1 aromatic heterocycles. The maximum Gasteiger partial charge on any atom is 0.226 e. The van der Waals surface area contributed by atoms with E-state index in [0.717, 1.165) is 25.5 Å². The number of carbonyl (C=O) groups is 1. The van der Waals surface area contributed by atoms with Crippen molar-refractivity contribution in [2.24, 2.45) is 16.7 Å². The number of carbonyl (C=O) groups excluding carboxylic acids is 1. The molecule has 0 amide bonds. The van der Waals surface area contributed by atoms with Crippen molar-refractivity contribution in [3.05, 3.63) is 41.7 Å². The highest BCUT2D eigenvalue weighted by Crippen LogP contribution is 2.52. The summed E-state index contributed by atoms with van der Waals surface area (Å²) in [6.07, 6.45) is 6.26. The van der Waals surface area contributed by atoms with Gasteiger partial charge >= 0.3 is 0 Å². The number of hydrogen-bond acceptors (Lipinski definition) is 4. The smallest absolute Gasteiger partial charge is 0.226 e. The number of Topliss-reactive ketones (excluding diaryl/α,β-unsaturated/α-hetero) is 1. The third-order valence-corrected chi connectivity index (χ3v) is 5.13. The molecule has 5 nitrogen and oxygen atoms in total. The summed E-state index contributed by atoms with van der Waals surface area (Å²) in [5.74, 6) is 0.932. The lowest BCUT2D eigenvalue weighted by molar-refractivity contribution is -0.130. The van der Waals surface area contributed by atoms with Crippen LogP contribution in [0.25, 0.3) is 4.85 Å². The highest BCUT2D eigenvalue weighted by atomic mass is 16.1. The molecule has 0 N–H and O–H groups in total. The molecule has 0 bridgehead atoms. The average Bonchev–Trinajstić information content (AvgIpc) is 2.51. The zero-order chi connectivity index (χ0) is 16.0. The standard InChI is InChI=1S/C17H20N4O/c1-16(2)13-6-9-21(15-19-7-5-8-20-15)11-17(13,3)10-12(18-4)14(16)22/h5,7-8,10,13H,6,9,11H2,1-3H3/t13-,17+/m0/s1. The van der Waals surface area contributed by atoms with Crippen molar-refractivity contribution in [2.75, 3.05) is 18.0 Å². The number of anilines is 1. The van der Waals surface area contributed by atoms with Crippen LogP contribution in [0.4, 0.5) is 5.95 Å². The number of hydrogen-bond donors (Lipinski definition) is 0. The summed E-state index contributed by atoms with van der Waals surface area (Å²) in [7, 11) is 0. The van der Waals surface area contributed by atoms with Crippen molar-refractivity contribution in [2.45, 2.75) is 27.2 Å². The van der Waals surface area contributed by atoms with E-state index in [2.05, 4.69) is 26.6 Å². The largest absolute Gasteiger partial charge is 0.340 e. The van der Waals surface area contributed by atoms with E-state index >= 15 is 0 Å². The maximum absolute atomic E-state index is 12.5. The first-order valence-electron chi connectivity index (χ1n) is 7.55. The van der Waals surface area contributed by atoms with E-state index in [1.165, 1.54) is 0 Å². The average molecular weight is 296 g/mol. The Bertz CT molecular complexity index is 674. The first-order chi connectivity index (χ1) is 10.4. The Morgan fingerprint density at radius 2 is 2.00 bits per heavy atom. The second kappa shape index (κ2) is 4.91. The highest BCUT2D eigenvalue weighted by Gasteiger charge is 2.53. The van der Waals surface area contributed by atoms with Crippen LogP contribution >= 0.6 is 0 Å². The summed E-state index contributed by atoms with van der Waals surface area (Å²) >= 11 is 0. The second-order valence-electron chi connectivity index (χ2n) is 7.01. The summed E-state index contributed by atoms with van der Waals surface area (Å²) < 4.78 is 0. The minimum absolute atomic E-state index is 0.0191. The fraction of sp³-hybridized carbons (Fsp3) is 0.529. The van der Waals surface area contributed by atoms with Crippen molar-refractivity contribution in [3.63, 3.8) is 0 Å². The minimum atomic E-state index is -0.493. The lowest BCUT2D eigenvalue weighted by Gasteiger charge is -2.53. The van der Waals surface area contributed by atoms with Crippen molar-refractivity contribution >= 4 is 11.7 Å². The number of nitrogens with zero attached hydrogens (tertiary/aromatic N) is 4. The predicted octanol–water partition coefficient (Wildman–Crippen LogP) is 2.72. The molecule has 2 atom stereocenters. The van der Waals surface area contributed by atoms with Crippen molar-refractivity contribution in [1.29, 1.82) is 0 Å². The topological polar surface area (TPSA) is 50.5 Å². The Hall–Kier alpha value is -2.22. The van der Waals surface area contributed by atoms with Crippen LogP contribution in [0.15, 0.2) is 30.2 Å². The summed E-state index contributed by atoms with van der Waals surface area (Å²) in [6.45, 7) is 15.0. The van der Waals surface area contributed by atoms with Gasteiger partial charge in [0.1, 0.15) is 0 Å². The van der Waals surface area contributed by atoms with E-state index in [4.69, 9.17) is 6.57 Å². The lowest BCUT2D eigenvalue weighted by Crippen LogP contribution is -2.55. The molecule has 2 aliphatic rings. The number of allylic oxidation sites excluding steroid dienone is 1. The van der Waals surface area contributed by atoms with Gasteiger partial charge in [0, 0.05) is 30.9 Å². The number of piperidine rings is 1. The summed E-state index contributed by atoms with van der Waals surface area (Å²) in [5.41, 5.74) is -0.429. The summed E-state index contributed by atoms with van der Waals surface area (Å²) in [4.78, 5) is 26.8. The SMILES string of the molecule is [C-]#[N+]C1=C[C@]2(C)CN(c3ncccn3)CC[C@H]2C(C)(C)C1=O. The normalized spacial score (nSPS) is 30.3. The molecule has 1 saturated heterocycles. The van der Waals surface area contributed by atoms with Gasteiger partial charge in [0.25, 0.3) is 0 Å². The Kier molecular flexibility index (Phi) is 3.28. The zero-order valence-electron chi connectivity index (χ0n) is 13.2. The molecular formula is C17H20N4O. The highest BCUT2D eigenvalue weighted by molar-refractivity contribution is 6.02. The van der Waals surface area contributed by atoms with Crippen LogP contribution in [0.1, 0.15) is 27.2 Å². The van der Waals surface area contributed by atoms with Crippen LogP contribution in [-0.4, -0.2) is 28.8 Å². The molecule has 1 aliphatic carbocycles. The fourth-order valence-electron chi connectivity index (χ4n) is 4.12. The van der Waals surface area contributed by atoms with Gasteiger partial charge in [-0.2, -0.15) is 0 Å². The van der Waals surface area contributed by atoms with Crippen LogP contribution in [0.3, 0.4) is 0 Å². The van der Waals surface area contributed by atoms with E-state index in [1.54, 1.807) is 18.5 Å². The second-order valence-corrected chi connectivity index (χ2v) is 7.01. The minimum Gasteiger partial charge on any atom is -0.340 e. The molecule has 3 rings (SSSR count). The Morgan fingerprint density at radius 3 is 2.64 bits per heavy atom. The number of ketones is 1. The van der Waals surface area contributed by atoms with Crippen LogP contribution in [0.5, 0.6) is 0 Å². The van der Waals surface area contributed by atoms with E-state index in [0.29, 0.717) is 0 Å². The molecule has 114 valence electrons. The Morgan fingerprint density at radius 1 is 1.32 bits per heavy atom. The van der Waals surface area contributed by atoms with Gasteiger partial charge in [0.15, 0.2) is 5.78 Å². The molecule has 1 aromatic rings. The lowest BCUT2D eigenvalue weighted by atomic mass is 9.55. The van der Waals surface area contributed by atoms with E-state index in [-0.39, 0.29) is 22.8 Å². The number of aromatic nitrogens is 2. The van der Waals surface area contributed by atoms with Gasteiger partial charge in [0.05, 0.1) is 6.57 Å². The van der Waals surface area contributed by atoms with E-state index < -0.39 is 5.41 Å². The quantitative estimate of drug-likeness (QED) is 0.748. The van der Waals surface area contributed by atoms with Gasteiger partial charge in [-0.25, -0.2) is 14.8 Å². The summed E-state index contributed by atoms with van der Waals surface area (Å²) in [6, 6.07) is 1.80. The molecule has 1 aliphatic heterocycles. The van der Waals surface area contributed by atoms with Crippen molar-refractivity contribution in [3.8, 4) is 0 Å². The third-order valence-electron chi connectivity index (χ3n) is 5.13.